The second kappa shape index (κ2) is 10.7. The average molecular weight is 457 g/mol. The number of carbonyl (C=O) groups excluding carboxylic acids is 2. The Labute approximate surface area is 197 Å². The van der Waals surface area contributed by atoms with E-state index in [9.17, 15) is 9.59 Å². The number of hydrogen-bond acceptors (Lipinski definition) is 4. The average Bonchev–Trinajstić information content (AvgIpc) is 3.32. The van der Waals surface area contributed by atoms with Gasteiger partial charge in [-0.2, -0.15) is 0 Å². The molecule has 2 N–H and O–H groups in total. The van der Waals surface area contributed by atoms with Crippen molar-refractivity contribution < 1.29 is 9.59 Å². The summed E-state index contributed by atoms with van der Waals surface area (Å²) in [6.07, 6.45) is 3.50. The zero-order valence-corrected chi connectivity index (χ0v) is 19.0. The van der Waals surface area contributed by atoms with Gasteiger partial charge < -0.3 is 10.6 Å². The second-order valence-electron chi connectivity index (χ2n) is 7.50. The molecule has 0 saturated carbocycles. The van der Waals surface area contributed by atoms with Crippen molar-refractivity contribution in [3.63, 3.8) is 0 Å². The Kier molecular flexibility index (Phi) is 7.22. The molecule has 6 nitrogen and oxygen atoms in total. The van der Waals surface area contributed by atoms with Crippen LogP contribution in [0.4, 0.5) is 5.69 Å². The number of amides is 2. The van der Waals surface area contributed by atoms with E-state index in [0.29, 0.717) is 17.3 Å². The van der Waals surface area contributed by atoms with Crippen molar-refractivity contribution in [2.45, 2.75) is 18.6 Å². The summed E-state index contributed by atoms with van der Waals surface area (Å²) in [6.45, 7) is 2.50. The summed E-state index contributed by atoms with van der Waals surface area (Å²) >= 11 is 1.34. The molecule has 0 spiro atoms. The van der Waals surface area contributed by atoms with Crippen LogP contribution in [0, 0.1) is 6.92 Å². The zero-order chi connectivity index (χ0) is 23.0. The van der Waals surface area contributed by atoms with Crippen LogP contribution in [0.15, 0.2) is 96.4 Å². The Morgan fingerprint density at radius 3 is 2.55 bits per heavy atom. The van der Waals surface area contributed by atoms with Gasteiger partial charge in [-0.3, -0.25) is 14.2 Å². The van der Waals surface area contributed by atoms with E-state index < -0.39 is 0 Å². The number of aromatic nitrogens is 2. The van der Waals surface area contributed by atoms with Crippen molar-refractivity contribution in [3.8, 4) is 5.69 Å². The number of anilines is 1. The highest BCUT2D eigenvalue weighted by Crippen LogP contribution is 2.21. The molecule has 1 aromatic heterocycles. The maximum absolute atomic E-state index is 12.7. The maximum atomic E-state index is 12.7. The first kappa shape index (κ1) is 22.4. The van der Waals surface area contributed by atoms with Gasteiger partial charge in [0.1, 0.15) is 0 Å². The molecule has 1 heterocycles. The number of thioether (sulfide) groups is 1. The Morgan fingerprint density at radius 1 is 0.970 bits per heavy atom. The van der Waals surface area contributed by atoms with Crippen molar-refractivity contribution in [1.29, 1.82) is 0 Å². The highest BCUT2D eigenvalue weighted by Gasteiger charge is 2.12. The molecular weight excluding hydrogens is 432 g/mol. The molecule has 3 aromatic carbocycles. The summed E-state index contributed by atoms with van der Waals surface area (Å²) in [6, 6.07) is 24.8. The molecule has 0 saturated heterocycles. The zero-order valence-electron chi connectivity index (χ0n) is 18.2. The Bertz CT molecular complexity index is 1240. The van der Waals surface area contributed by atoms with Gasteiger partial charge in [-0.25, -0.2) is 4.98 Å². The van der Waals surface area contributed by atoms with Crippen LogP contribution in [0.1, 0.15) is 21.5 Å². The molecule has 7 heteroatoms. The quantitative estimate of drug-likeness (QED) is 0.372. The number of hydrogen-bond donors (Lipinski definition) is 2. The SMILES string of the molecule is Cc1ccc(CNC(=O)c2cccc(-n3ccnc3SCC(=O)Nc3ccccc3)c2)cc1. The van der Waals surface area contributed by atoms with Gasteiger partial charge in [0.2, 0.25) is 5.91 Å². The molecule has 4 rings (SSSR count). The van der Waals surface area contributed by atoms with Crippen molar-refractivity contribution in [1.82, 2.24) is 14.9 Å². The third kappa shape index (κ3) is 6.11. The van der Waals surface area contributed by atoms with E-state index in [1.54, 1.807) is 12.3 Å². The molecule has 4 aromatic rings. The number of rotatable bonds is 8. The molecule has 0 atom stereocenters. The lowest BCUT2D eigenvalue weighted by Crippen LogP contribution is -2.22. The van der Waals surface area contributed by atoms with Gasteiger partial charge in [0.15, 0.2) is 5.16 Å². The van der Waals surface area contributed by atoms with Crippen molar-refractivity contribution >= 4 is 29.3 Å². The lowest BCUT2D eigenvalue weighted by Gasteiger charge is -2.10. The van der Waals surface area contributed by atoms with E-state index in [1.165, 1.54) is 17.3 Å². The van der Waals surface area contributed by atoms with Gasteiger partial charge >= 0.3 is 0 Å². The van der Waals surface area contributed by atoms with E-state index in [1.807, 2.05) is 90.5 Å². The van der Waals surface area contributed by atoms with E-state index in [-0.39, 0.29) is 17.6 Å². The van der Waals surface area contributed by atoms with Crippen LogP contribution in [0.5, 0.6) is 0 Å². The van der Waals surface area contributed by atoms with Crippen molar-refractivity contribution in [2.75, 3.05) is 11.1 Å². The second-order valence-corrected chi connectivity index (χ2v) is 8.44. The van der Waals surface area contributed by atoms with Crippen LogP contribution >= 0.6 is 11.8 Å². The first-order valence-electron chi connectivity index (χ1n) is 10.5. The maximum Gasteiger partial charge on any atom is 0.251 e. The summed E-state index contributed by atoms with van der Waals surface area (Å²) in [5, 5.41) is 6.51. The van der Waals surface area contributed by atoms with E-state index in [4.69, 9.17) is 0 Å². The van der Waals surface area contributed by atoms with Crippen LogP contribution in [0.25, 0.3) is 5.69 Å². The number of benzene rings is 3. The van der Waals surface area contributed by atoms with Crippen LogP contribution in [0.2, 0.25) is 0 Å². The molecule has 2 amide bonds. The fourth-order valence-electron chi connectivity index (χ4n) is 3.23. The first-order valence-corrected chi connectivity index (χ1v) is 11.5. The molecule has 0 aliphatic carbocycles. The minimum absolute atomic E-state index is 0.106. The predicted molar refractivity (Wildman–Crippen MR) is 132 cm³/mol. The summed E-state index contributed by atoms with van der Waals surface area (Å²) in [5.74, 6) is -0.0261. The largest absolute Gasteiger partial charge is 0.348 e. The highest BCUT2D eigenvalue weighted by molar-refractivity contribution is 7.99. The van der Waals surface area contributed by atoms with Crippen LogP contribution in [-0.2, 0) is 11.3 Å². The van der Waals surface area contributed by atoms with Gasteiger partial charge in [0.25, 0.3) is 5.91 Å². The number of para-hydroxylation sites is 1. The highest BCUT2D eigenvalue weighted by atomic mass is 32.2. The third-order valence-electron chi connectivity index (χ3n) is 4.96. The van der Waals surface area contributed by atoms with E-state index in [0.717, 1.165) is 16.9 Å². The third-order valence-corrected chi connectivity index (χ3v) is 5.92. The molecule has 166 valence electrons. The number of aryl methyl sites for hydroxylation is 1. The standard InChI is InChI=1S/C26H24N4O2S/c1-19-10-12-20(13-11-19)17-28-25(32)21-6-5-9-23(16-21)30-15-14-27-26(30)33-18-24(31)29-22-7-3-2-4-8-22/h2-16H,17-18H2,1H3,(H,28,32)(H,29,31). The van der Waals surface area contributed by atoms with Crippen molar-refractivity contribution in [3.05, 3.63) is 108 Å². The molecule has 0 aliphatic heterocycles. The number of nitrogens with zero attached hydrogens (tertiary/aromatic N) is 2. The minimum atomic E-state index is -0.144. The van der Waals surface area contributed by atoms with Gasteiger partial charge in [0, 0.05) is 35.9 Å². The van der Waals surface area contributed by atoms with Crippen molar-refractivity contribution in [2.24, 2.45) is 0 Å². The van der Waals surface area contributed by atoms with Gasteiger partial charge in [-0.15, -0.1) is 0 Å². The summed E-state index contributed by atoms with van der Waals surface area (Å²) in [5.41, 5.74) is 4.36. The topological polar surface area (TPSA) is 76.0 Å². The molecule has 0 radical (unpaired) electrons. The summed E-state index contributed by atoms with van der Waals surface area (Å²) in [7, 11) is 0. The number of imidazole rings is 1. The van der Waals surface area contributed by atoms with E-state index in [2.05, 4.69) is 15.6 Å². The lowest BCUT2D eigenvalue weighted by atomic mass is 10.1. The van der Waals surface area contributed by atoms with Gasteiger partial charge in [-0.05, 0) is 42.8 Å². The fourth-order valence-corrected chi connectivity index (χ4v) is 4.00. The normalized spacial score (nSPS) is 10.6. The minimum Gasteiger partial charge on any atom is -0.348 e. The smallest absolute Gasteiger partial charge is 0.251 e. The monoisotopic (exact) mass is 456 g/mol. The van der Waals surface area contributed by atoms with Gasteiger partial charge in [0.05, 0.1) is 5.75 Å². The molecule has 33 heavy (non-hydrogen) atoms. The molecular formula is C26H24N4O2S. The molecule has 0 unspecified atom stereocenters. The van der Waals surface area contributed by atoms with E-state index >= 15 is 0 Å². The van der Waals surface area contributed by atoms with Gasteiger partial charge in [-0.1, -0.05) is 65.9 Å². The first-order chi connectivity index (χ1) is 16.1. The number of nitrogens with one attached hydrogen (secondary N) is 2. The predicted octanol–water partition coefficient (Wildman–Crippen LogP) is 4.84. The summed E-state index contributed by atoms with van der Waals surface area (Å²) < 4.78 is 1.87. The number of carbonyl (C=O) groups is 2. The Hall–Kier alpha value is -3.84. The molecule has 0 bridgehead atoms. The lowest BCUT2D eigenvalue weighted by molar-refractivity contribution is -0.113. The van der Waals surface area contributed by atoms with Crippen LogP contribution in [0.3, 0.4) is 0 Å². The van der Waals surface area contributed by atoms with Crippen LogP contribution in [-0.4, -0.2) is 27.1 Å². The fraction of sp³-hybridized carbons (Fsp3) is 0.115. The Balaban J connectivity index is 1.39. The Morgan fingerprint density at radius 2 is 1.76 bits per heavy atom. The summed E-state index contributed by atoms with van der Waals surface area (Å²) in [4.78, 5) is 29.3. The molecule has 0 aliphatic rings. The van der Waals surface area contributed by atoms with Crippen LogP contribution < -0.4 is 10.6 Å². The molecule has 0 fully saturated rings.